The molecule has 0 radical (unpaired) electrons. The van der Waals surface area contributed by atoms with Crippen molar-refractivity contribution in [1.82, 2.24) is 0 Å². The zero-order valence-corrected chi connectivity index (χ0v) is 22.5. The van der Waals surface area contributed by atoms with Gasteiger partial charge >= 0.3 is 0 Å². The van der Waals surface area contributed by atoms with Crippen LogP contribution in [-0.2, 0) is 13.1 Å². The third-order valence-electron chi connectivity index (χ3n) is 6.85. The predicted octanol–water partition coefficient (Wildman–Crippen LogP) is 6.97. The van der Waals surface area contributed by atoms with E-state index in [0.29, 0.717) is 0 Å². The van der Waals surface area contributed by atoms with Crippen LogP contribution in [0.25, 0.3) is 11.1 Å². The smallest absolute Gasteiger partial charge is 0.123 e. The average Bonchev–Trinajstić information content (AvgIpc) is 3.01. The first-order valence-electron chi connectivity index (χ1n) is 13.3. The van der Waals surface area contributed by atoms with Gasteiger partial charge in [0.2, 0.25) is 0 Å². The molecule has 0 atom stereocenters. The number of quaternary nitrogens is 1. The molecule has 0 fully saturated rings. The van der Waals surface area contributed by atoms with Gasteiger partial charge in [0, 0.05) is 17.2 Å². The number of ether oxygens (including phenoxy) is 2. The minimum Gasteiger partial charge on any atom is -0.497 e. The SMILES string of the molecule is COc1cc(C[NH2+]Cc2ccc(C(=C(c3ccccc3)c3ccccc3)c3ccccc3)cc2)cc(OC)c1. The summed E-state index contributed by atoms with van der Waals surface area (Å²) in [5.41, 5.74) is 9.72. The first-order valence-corrected chi connectivity index (χ1v) is 13.3. The van der Waals surface area contributed by atoms with Crippen molar-refractivity contribution in [2.24, 2.45) is 0 Å². The molecule has 0 heterocycles. The van der Waals surface area contributed by atoms with Crippen molar-refractivity contribution in [3.8, 4) is 11.5 Å². The lowest BCUT2D eigenvalue weighted by Gasteiger charge is -2.18. The molecule has 5 rings (SSSR count). The number of benzene rings is 5. The van der Waals surface area contributed by atoms with Crippen LogP contribution in [0.4, 0.5) is 0 Å². The second-order valence-corrected chi connectivity index (χ2v) is 9.46. The van der Waals surface area contributed by atoms with Crippen LogP contribution in [0.1, 0.15) is 33.4 Å². The van der Waals surface area contributed by atoms with Crippen molar-refractivity contribution in [3.63, 3.8) is 0 Å². The quantitative estimate of drug-likeness (QED) is 0.205. The summed E-state index contributed by atoms with van der Waals surface area (Å²) in [5, 5.41) is 2.30. The Hall–Kier alpha value is -4.60. The maximum Gasteiger partial charge on any atom is 0.123 e. The van der Waals surface area contributed by atoms with Gasteiger partial charge in [0.25, 0.3) is 0 Å². The second-order valence-electron chi connectivity index (χ2n) is 9.46. The fraction of sp³-hybridized carbons (Fsp3) is 0.111. The van der Waals surface area contributed by atoms with Crippen molar-refractivity contribution in [3.05, 3.63) is 167 Å². The van der Waals surface area contributed by atoms with E-state index in [0.717, 1.165) is 24.6 Å². The zero-order chi connectivity index (χ0) is 26.9. The standard InChI is InChI=1S/C36H33NO2/c1-38-33-22-28(23-34(24-33)39-2)26-37-25-27-18-20-32(21-19-27)36(31-16-10-5-11-17-31)35(29-12-6-3-7-13-29)30-14-8-4-9-15-30/h3-24,37H,25-26H2,1-2H3/p+1. The number of nitrogens with two attached hydrogens (primary N) is 1. The molecular weight excluding hydrogens is 478 g/mol. The van der Waals surface area contributed by atoms with E-state index in [-0.39, 0.29) is 0 Å². The van der Waals surface area contributed by atoms with Crippen molar-refractivity contribution in [1.29, 1.82) is 0 Å². The van der Waals surface area contributed by atoms with Gasteiger partial charge in [0.05, 0.1) is 14.2 Å². The van der Waals surface area contributed by atoms with E-state index in [1.165, 1.54) is 44.5 Å². The molecule has 0 saturated heterocycles. The second kappa shape index (κ2) is 12.8. The van der Waals surface area contributed by atoms with Crippen molar-refractivity contribution < 1.29 is 14.8 Å². The Labute approximate surface area is 231 Å². The van der Waals surface area contributed by atoms with Gasteiger partial charge in [-0.2, -0.15) is 0 Å². The molecule has 39 heavy (non-hydrogen) atoms. The first-order chi connectivity index (χ1) is 19.2. The van der Waals surface area contributed by atoms with Crippen molar-refractivity contribution in [2.75, 3.05) is 14.2 Å². The van der Waals surface area contributed by atoms with E-state index in [1.54, 1.807) is 14.2 Å². The highest BCUT2D eigenvalue weighted by atomic mass is 16.5. The molecule has 0 bridgehead atoms. The maximum atomic E-state index is 5.42. The summed E-state index contributed by atoms with van der Waals surface area (Å²) in [6.45, 7) is 1.73. The molecule has 0 aliphatic carbocycles. The minimum atomic E-state index is 0.815. The average molecular weight is 513 g/mol. The van der Waals surface area contributed by atoms with Gasteiger partial charge in [-0.25, -0.2) is 0 Å². The lowest BCUT2D eigenvalue weighted by atomic mass is 9.85. The van der Waals surface area contributed by atoms with E-state index in [4.69, 9.17) is 9.47 Å². The van der Waals surface area contributed by atoms with Crippen LogP contribution < -0.4 is 14.8 Å². The fourth-order valence-electron chi connectivity index (χ4n) is 4.92. The van der Waals surface area contributed by atoms with Crippen LogP contribution in [-0.4, -0.2) is 14.2 Å². The number of hydrogen-bond acceptors (Lipinski definition) is 2. The van der Waals surface area contributed by atoms with Crippen LogP contribution in [0, 0.1) is 0 Å². The van der Waals surface area contributed by atoms with Gasteiger partial charge in [0.1, 0.15) is 24.6 Å². The summed E-state index contributed by atoms with van der Waals surface area (Å²) < 4.78 is 10.8. The molecule has 0 aromatic heterocycles. The summed E-state index contributed by atoms with van der Waals surface area (Å²) in [5.74, 6) is 1.63. The third kappa shape index (κ3) is 6.46. The summed E-state index contributed by atoms with van der Waals surface area (Å²) in [6.07, 6.45) is 0. The number of methoxy groups -OCH3 is 2. The van der Waals surface area contributed by atoms with E-state index >= 15 is 0 Å². The normalized spacial score (nSPS) is 10.6. The molecular formula is C36H34NO2+. The molecule has 0 spiro atoms. The summed E-state index contributed by atoms with van der Waals surface area (Å²) >= 11 is 0. The third-order valence-corrected chi connectivity index (χ3v) is 6.85. The number of hydrogen-bond donors (Lipinski definition) is 1. The molecule has 5 aromatic rings. The lowest BCUT2D eigenvalue weighted by molar-refractivity contribution is -0.686. The van der Waals surface area contributed by atoms with E-state index < -0.39 is 0 Å². The van der Waals surface area contributed by atoms with Gasteiger partial charge in [0.15, 0.2) is 0 Å². The minimum absolute atomic E-state index is 0.815. The van der Waals surface area contributed by atoms with Crippen molar-refractivity contribution >= 4 is 11.1 Å². The Bertz CT molecular complexity index is 1450. The fourth-order valence-corrected chi connectivity index (χ4v) is 4.92. The van der Waals surface area contributed by atoms with Gasteiger partial charge in [-0.1, -0.05) is 115 Å². The molecule has 3 nitrogen and oxygen atoms in total. The maximum absolute atomic E-state index is 5.42. The lowest BCUT2D eigenvalue weighted by Crippen LogP contribution is -2.80. The monoisotopic (exact) mass is 512 g/mol. The largest absolute Gasteiger partial charge is 0.497 e. The van der Waals surface area contributed by atoms with Crippen LogP contribution >= 0.6 is 0 Å². The van der Waals surface area contributed by atoms with E-state index in [2.05, 4.69) is 133 Å². The summed E-state index contributed by atoms with van der Waals surface area (Å²) in [7, 11) is 3.37. The molecule has 194 valence electrons. The summed E-state index contributed by atoms with van der Waals surface area (Å²) in [6, 6.07) is 47.1. The van der Waals surface area contributed by atoms with Crippen LogP contribution in [0.2, 0.25) is 0 Å². The van der Waals surface area contributed by atoms with Gasteiger partial charge < -0.3 is 14.8 Å². The summed E-state index contributed by atoms with van der Waals surface area (Å²) in [4.78, 5) is 0. The van der Waals surface area contributed by atoms with Crippen LogP contribution in [0.5, 0.6) is 11.5 Å². The molecule has 0 saturated carbocycles. The molecule has 3 heteroatoms. The first kappa shape index (κ1) is 26.0. The van der Waals surface area contributed by atoms with Crippen LogP contribution in [0.15, 0.2) is 133 Å². The predicted molar refractivity (Wildman–Crippen MR) is 160 cm³/mol. The Balaban J connectivity index is 1.46. The topological polar surface area (TPSA) is 35.1 Å². The molecule has 5 aromatic carbocycles. The molecule has 0 aliphatic heterocycles. The highest BCUT2D eigenvalue weighted by molar-refractivity contribution is 6.04. The van der Waals surface area contributed by atoms with E-state index in [9.17, 15) is 0 Å². The Morgan fingerprint density at radius 1 is 0.462 bits per heavy atom. The Kier molecular flexibility index (Phi) is 8.52. The highest BCUT2D eigenvalue weighted by Gasteiger charge is 2.16. The van der Waals surface area contributed by atoms with Gasteiger partial charge in [-0.15, -0.1) is 0 Å². The van der Waals surface area contributed by atoms with Crippen molar-refractivity contribution in [2.45, 2.75) is 13.1 Å². The molecule has 0 amide bonds. The highest BCUT2D eigenvalue weighted by Crippen LogP contribution is 2.36. The van der Waals surface area contributed by atoms with Gasteiger partial charge in [-0.05, 0) is 45.5 Å². The zero-order valence-electron chi connectivity index (χ0n) is 22.5. The molecule has 0 aliphatic rings. The molecule has 0 unspecified atom stereocenters. The molecule has 2 N–H and O–H groups in total. The Morgan fingerprint density at radius 3 is 1.26 bits per heavy atom. The van der Waals surface area contributed by atoms with Gasteiger partial charge in [-0.3, -0.25) is 0 Å². The Morgan fingerprint density at radius 2 is 0.846 bits per heavy atom. The van der Waals surface area contributed by atoms with Crippen LogP contribution in [0.3, 0.4) is 0 Å². The van der Waals surface area contributed by atoms with E-state index in [1.807, 2.05) is 6.07 Å². The number of rotatable bonds is 10.